The fourth-order valence-corrected chi connectivity index (χ4v) is 2.88. The van der Waals surface area contributed by atoms with Crippen molar-refractivity contribution in [2.45, 2.75) is 39.0 Å². The maximum Gasteiger partial charge on any atom is -0.0123 e. The Hall–Kier alpha value is -0.780. The van der Waals surface area contributed by atoms with E-state index >= 15 is 0 Å². The quantitative estimate of drug-likeness (QED) is 0.657. The molecule has 0 N–H and O–H groups in total. The van der Waals surface area contributed by atoms with Crippen LogP contribution in [0.4, 0.5) is 0 Å². The Balaban J connectivity index is 1.83. The summed E-state index contributed by atoms with van der Waals surface area (Å²) >= 11 is 0. The summed E-state index contributed by atoms with van der Waals surface area (Å²) in [4.78, 5) is 0. The van der Waals surface area contributed by atoms with E-state index in [0.717, 1.165) is 17.3 Å². The van der Waals surface area contributed by atoms with Gasteiger partial charge in [-0.1, -0.05) is 31.2 Å². The Kier molecular flexibility index (Phi) is 1.60. The van der Waals surface area contributed by atoms with Crippen molar-refractivity contribution in [1.82, 2.24) is 0 Å². The highest BCUT2D eigenvalue weighted by atomic mass is 14.6. The molecule has 74 valence electrons. The number of hydrogen-bond donors (Lipinski definition) is 0. The zero-order valence-corrected chi connectivity index (χ0v) is 9.09. The van der Waals surface area contributed by atoms with Crippen LogP contribution in [-0.4, -0.2) is 0 Å². The number of aryl methyl sites for hydroxylation is 1. The molecule has 3 rings (SSSR count). The van der Waals surface area contributed by atoms with Gasteiger partial charge in [0.1, 0.15) is 0 Å². The normalized spacial score (nSPS) is 32.7. The molecule has 0 amide bonds. The minimum Gasteiger partial charge on any atom is -0.0620 e. The van der Waals surface area contributed by atoms with Gasteiger partial charge in [0.15, 0.2) is 0 Å². The second kappa shape index (κ2) is 2.62. The molecule has 0 heterocycles. The zero-order valence-electron chi connectivity index (χ0n) is 9.09. The molecular formula is C14H18. The molecule has 0 radical (unpaired) electrons. The first-order valence-electron chi connectivity index (χ1n) is 5.76. The first kappa shape index (κ1) is 8.52. The van der Waals surface area contributed by atoms with Gasteiger partial charge in [-0.15, -0.1) is 0 Å². The van der Waals surface area contributed by atoms with Gasteiger partial charge in [-0.25, -0.2) is 0 Å². The van der Waals surface area contributed by atoms with Crippen molar-refractivity contribution in [2.24, 2.45) is 11.3 Å². The Morgan fingerprint density at radius 2 is 1.93 bits per heavy atom. The Labute approximate surface area is 86.3 Å². The van der Waals surface area contributed by atoms with Crippen LogP contribution in [-0.2, 0) is 0 Å². The fourth-order valence-electron chi connectivity index (χ4n) is 2.88. The van der Waals surface area contributed by atoms with Crippen LogP contribution in [0.2, 0.25) is 0 Å². The van der Waals surface area contributed by atoms with Crippen molar-refractivity contribution >= 4 is 0 Å². The van der Waals surface area contributed by atoms with Gasteiger partial charge in [-0.2, -0.15) is 0 Å². The summed E-state index contributed by atoms with van der Waals surface area (Å²) in [5, 5.41) is 0. The second-order valence-corrected chi connectivity index (χ2v) is 5.46. The van der Waals surface area contributed by atoms with Gasteiger partial charge in [0.25, 0.3) is 0 Å². The van der Waals surface area contributed by atoms with Gasteiger partial charge in [0, 0.05) is 0 Å². The Morgan fingerprint density at radius 1 is 1.21 bits per heavy atom. The molecule has 0 nitrogen and oxygen atoms in total. The molecule has 2 atom stereocenters. The molecule has 2 aliphatic rings. The summed E-state index contributed by atoms with van der Waals surface area (Å²) in [6, 6.07) is 8.91. The van der Waals surface area contributed by atoms with E-state index in [-0.39, 0.29) is 0 Å². The third-order valence-electron chi connectivity index (χ3n) is 4.31. The Morgan fingerprint density at radius 3 is 2.57 bits per heavy atom. The van der Waals surface area contributed by atoms with Gasteiger partial charge in [0.2, 0.25) is 0 Å². The van der Waals surface area contributed by atoms with Crippen LogP contribution in [0.5, 0.6) is 0 Å². The van der Waals surface area contributed by atoms with Gasteiger partial charge >= 0.3 is 0 Å². The van der Waals surface area contributed by atoms with Crippen molar-refractivity contribution < 1.29 is 0 Å². The van der Waals surface area contributed by atoms with E-state index in [9.17, 15) is 0 Å². The average molecular weight is 186 g/mol. The molecule has 2 saturated carbocycles. The molecule has 0 aliphatic heterocycles. The summed E-state index contributed by atoms with van der Waals surface area (Å²) < 4.78 is 0. The molecule has 14 heavy (non-hydrogen) atoms. The van der Waals surface area contributed by atoms with Gasteiger partial charge in [0.05, 0.1) is 0 Å². The van der Waals surface area contributed by atoms with Gasteiger partial charge < -0.3 is 0 Å². The predicted molar refractivity (Wildman–Crippen MR) is 59.4 cm³/mol. The minimum absolute atomic E-state index is 0.729. The summed E-state index contributed by atoms with van der Waals surface area (Å²) in [6.45, 7) is 4.72. The van der Waals surface area contributed by atoms with E-state index in [0.29, 0.717) is 0 Å². The van der Waals surface area contributed by atoms with E-state index in [1.165, 1.54) is 24.8 Å². The highest BCUT2D eigenvalue weighted by molar-refractivity contribution is 5.35. The van der Waals surface area contributed by atoms with Gasteiger partial charge in [-0.05, 0) is 54.6 Å². The molecule has 2 aliphatic carbocycles. The third-order valence-corrected chi connectivity index (χ3v) is 4.31. The standard InChI is InChI=1S/C14H18/c1-10-5-3-4-6-11(10)12-9-13(12)14(2)7-8-14/h3-6,12-13H,7-9H2,1-2H3/t12-,13+/m0/s1. The van der Waals surface area contributed by atoms with E-state index in [1.807, 2.05) is 0 Å². The van der Waals surface area contributed by atoms with Crippen LogP contribution in [0.15, 0.2) is 24.3 Å². The summed E-state index contributed by atoms with van der Waals surface area (Å²) in [5.41, 5.74) is 3.84. The lowest BCUT2D eigenvalue weighted by atomic mass is 9.96. The molecule has 0 saturated heterocycles. The van der Waals surface area contributed by atoms with Crippen LogP contribution in [0.1, 0.15) is 43.2 Å². The van der Waals surface area contributed by atoms with Crippen LogP contribution in [0.3, 0.4) is 0 Å². The van der Waals surface area contributed by atoms with E-state index in [1.54, 1.807) is 5.56 Å². The molecule has 0 unspecified atom stereocenters. The number of rotatable bonds is 2. The Bertz CT molecular complexity index is 360. The highest BCUT2D eigenvalue weighted by Crippen LogP contribution is 2.67. The lowest BCUT2D eigenvalue weighted by Gasteiger charge is -2.08. The lowest BCUT2D eigenvalue weighted by Crippen LogP contribution is -1.98. The summed E-state index contributed by atoms with van der Waals surface area (Å²) in [7, 11) is 0. The molecule has 1 aromatic rings. The zero-order chi connectivity index (χ0) is 9.76. The van der Waals surface area contributed by atoms with Crippen LogP contribution in [0, 0.1) is 18.3 Å². The largest absolute Gasteiger partial charge is 0.0620 e. The topological polar surface area (TPSA) is 0 Å². The molecule has 0 spiro atoms. The van der Waals surface area contributed by atoms with Gasteiger partial charge in [-0.3, -0.25) is 0 Å². The first-order valence-corrected chi connectivity index (χ1v) is 5.76. The SMILES string of the molecule is Cc1ccccc1[C@@H]1C[C@H]1C1(C)CC1. The molecule has 0 heteroatoms. The van der Waals surface area contributed by atoms with Crippen molar-refractivity contribution in [3.05, 3.63) is 35.4 Å². The van der Waals surface area contributed by atoms with E-state index < -0.39 is 0 Å². The molecule has 1 aromatic carbocycles. The summed E-state index contributed by atoms with van der Waals surface area (Å²) in [6.07, 6.45) is 4.39. The number of benzene rings is 1. The molecule has 0 aromatic heterocycles. The average Bonchev–Trinajstić information content (AvgIpc) is 3.01. The van der Waals surface area contributed by atoms with Crippen molar-refractivity contribution in [1.29, 1.82) is 0 Å². The van der Waals surface area contributed by atoms with Crippen LogP contribution >= 0.6 is 0 Å². The monoisotopic (exact) mass is 186 g/mol. The van der Waals surface area contributed by atoms with Crippen molar-refractivity contribution in [3.63, 3.8) is 0 Å². The third kappa shape index (κ3) is 1.20. The highest BCUT2D eigenvalue weighted by Gasteiger charge is 2.56. The van der Waals surface area contributed by atoms with Crippen molar-refractivity contribution in [3.8, 4) is 0 Å². The van der Waals surface area contributed by atoms with Crippen molar-refractivity contribution in [2.75, 3.05) is 0 Å². The second-order valence-electron chi connectivity index (χ2n) is 5.46. The van der Waals surface area contributed by atoms with Crippen LogP contribution < -0.4 is 0 Å². The molecular weight excluding hydrogens is 168 g/mol. The minimum atomic E-state index is 0.729. The predicted octanol–water partition coefficient (Wildman–Crippen LogP) is 3.90. The maximum atomic E-state index is 2.47. The lowest BCUT2D eigenvalue weighted by molar-refractivity contribution is 0.479. The summed E-state index contributed by atoms with van der Waals surface area (Å²) in [5.74, 6) is 1.90. The fraction of sp³-hybridized carbons (Fsp3) is 0.571. The van der Waals surface area contributed by atoms with Crippen LogP contribution in [0.25, 0.3) is 0 Å². The first-order chi connectivity index (χ1) is 6.71. The van der Waals surface area contributed by atoms with E-state index in [2.05, 4.69) is 38.1 Å². The molecule has 2 fully saturated rings. The number of hydrogen-bond acceptors (Lipinski definition) is 0. The van der Waals surface area contributed by atoms with E-state index in [4.69, 9.17) is 0 Å². The molecule has 0 bridgehead atoms. The smallest absolute Gasteiger partial charge is 0.0123 e. The maximum absolute atomic E-state index is 2.47.